The topological polar surface area (TPSA) is 76.7 Å². The lowest BCUT2D eigenvalue weighted by atomic mass is 10.1. The van der Waals surface area contributed by atoms with Crippen molar-refractivity contribution in [3.05, 3.63) is 35.4 Å². The van der Waals surface area contributed by atoms with Crippen LogP contribution in [0.15, 0.2) is 24.3 Å². The lowest BCUT2D eigenvalue weighted by Gasteiger charge is -2.31. The molecule has 0 aliphatic heterocycles. The van der Waals surface area contributed by atoms with Crippen LogP contribution in [0, 0.1) is 0 Å². The fourth-order valence-corrected chi connectivity index (χ4v) is 2.56. The third-order valence-electron chi connectivity index (χ3n) is 4.94. The number of alkyl halides is 16. The van der Waals surface area contributed by atoms with Crippen molar-refractivity contribution in [3.63, 3.8) is 0 Å². The third kappa shape index (κ3) is 7.92. The van der Waals surface area contributed by atoms with E-state index < -0.39 is 86.9 Å². The van der Waals surface area contributed by atoms with E-state index >= 15 is 0 Å². The molecule has 0 spiro atoms. The highest BCUT2D eigenvalue weighted by molar-refractivity contribution is 5.67. The number of amides is 2. The summed E-state index contributed by atoms with van der Waals surface area (Å²) in [5, 5.41) is 3.38. The molecule has 6 nitrogen and oxygen atoms in total. The van der Waals surface area contributed by atoms with Crippen LogP contribution in [0.5, 0.6) is 0 Å². The lowest BCUT2D eigenvalue weighted by molar-refractivity contribution is -0.343. The highest BCUT2D eigenvalue weighted by atomic mass is 19.4. The minimum absolute atomic E-state index is 0.00125. The summed E-state index contributed by atoms with van der Waals surface area (Å²) in [6.45, 7) is -6.84. The summed E-state index contributed by atoms with van der Waals surface area (Å²) in [5.74, 6) is -38.1. The van der Waals surface area contributed by atoms with Gasteiger partial charge in [-0.25, -0.2) is 27.2 Å². The van der Waals surface area contributed by atoms with E-state index in [2.05, 4.69) is 9.47 Å². The van der Waals surface area contributed by atoms with Gasteiger partial charge in [-0.05, 0) is 11.1 Å². The summed E-state index contributed by atoms with van der Waals surface area (Å²) in [5.41, 5.74) is 0.00249. The van der Waals surface area contributed by atoms with Crippen LogP contribution in [-0.2, 0) is 22.6 Å². The molecule has 0 bridgehead atoms. The number of nitrogens with one attached hydrogen (secondary N) is 2. The molecule has 22 heteroatoms. The Bertz CT molecular complexity index is 1000. The van der Waals surface area contributed by atoms with Gasteiger partial charge in [0.25, 0.3) is 0 Å². The van der Waals surface area contributed by atoms with Crippen molar-refractivity contribution in [1.29, 1.82) is 0 Å². The minimum Gasteiger partial charge on any atom is -0.443 e. The molecule has 0 saturated heterocycles. The first-order valence-corrected chi connectivity index (χ1v) is 10.6. The highest BCUT2D eigenvalue weighted by Crippen LogP contribution is 2.49. The minimum atomic E-state index is -6.62. The van der Waals surface area contributed by atoms with Crippen LogP contribution in [0.3, 0.4) is 0 Å². The number of rotatable bonds is 14. The second-order valence-electron chi connectivity index (χ2n) is 8.08. The highest BCUT2D eigenvalue weighted by Gasteiger charge is 2.76. The van der Waals surface area contributed by atoms with Gasteiger partial charge in [0.05, 0.1) is 0 Å². The maximum Gasteiger partial charge on any atom is 0.407 e. The standard InChI is InChI=1S/C20H16F16N2O4/c21-11(22)17(29,30)19(33,34)15(25,26)7-41-13(39)37-5-9-2-1-3-10(4-9)6-38-14(40)42-8-16(27,28)20(35,36)18(31,32)12(23)24/h1-4,11-12H,5-8H2,(H,37,39)(H,38,40). The van der Waals surface area contributed by atoms with Crippen LogP contribution >= 0.6 is 0 Å². The molecule has 0 radical (unpaired) electrons. The average molecular weight is 652 g/mol. The predicted molar refractivity (Wildman–Crippen MR) is 105 cm³/mol. The Morgan fingerprint density at radius 3 is 1.21 bits per heavy atom. The zero-order valence-electron chi connectivity index (χ0n) is 20.0. The van der Waals surface area contributed by atoms with Crippen molar-refractivity contribution in [2.75, 3.05) is 13.2 Å². The Kier molecular flexibility index (Phi) is 11.2. The number of ether oxygens (including phenoxy) is 2. The first kappa shape index (κ1) is 36.7. The van der Waals surface area contributed by atoms with Gasteiger partial charge < -0.3 is 20.1 Å². The van der Waals surface area contributed by atoms with Crippen molar-refractivity contribution >= 4 is 12.2 Å². The van der Waals surface area contributed by atoms with Crippen LogP contribution in [-0.4, -0.2) is 73.8 Å². The van der Waals surface area contributed by atoms with Gasteiger partial charge in [0.15, 0.2) is 13.2 Å². The first-order chi connectivity index (χ1) is 18.8. The Morgan fingerprint density at radius 2 is 0.929 bits per heavy atom. The zero-order valence-corrected chi connectivity index (χ0v) is 20.0. The summed E-state index contributed by atoms with van der Waals surface area (Å²) in [7, 11) is 0. The maximum absolute atomic E-state index is 13.4. The molecule has 2 N–H and O–H groups in total. The number of carbonyl (C=O) groups excluding carboxylic acids is 2. The van der Waals surface area contributed by atoms with E-state index in [1.807, 2.05) is 0 Å². The van der Waals surface area contributed by atoms with E-state index in [0.717, 1.165) is 6.07 Å². The Balaban J connectivity index is 2.66. The molecular weight excluding hydrogens is 636 g/mol. The van der Waals surface area contributed by atoms with Crippen molar-refractivity contribution in [1.82, 2.24) is 10.6 Å². The van der Waals surface area contributed by atoms with Gasteiger partial charge in [-0.3, -0.25) is 0 Å². The van der Waals surface area contributed by atoms with Crippen LogP contribution < -0.4 is 10.6 Å². The average Bonchev–Trinajstić information content (AvgIpc) is 2.88. The van der Waals surface area contributed by atoms with Crippen LogP contribution in [0.1, 0.15) is 11.1 Å². The molecule has 0 fully saturated rings. The number of hydrogen-bond acceptors (Lipinski definition) is 4. The van der Waals surface area contributed by atoms with Gasteiger partial charge in [-0.1, -0.05) is 24.3 Å². The Labute approximate surface area is 223 Å². The fraction of sp³-hybridized carbons (Fsp3) is 0.600. The number of alkyl carbamates (subject to hydrolysis) is 2. The predicted octanol–water partition coefficient (Wildman–Crippen LogP) is 6.48. The molecule has 42 heavy (non-hydrogen) atoms. The molecule has 0 heterocycles. The molecule has 1 rings (SSSR count). The van der Waals surface area contributed by atoms with Gasteiger partial charge >= 0.3 is 60.6 Å². The van der Waals surface area contributed by atoms with Crippen LogP contribution in [0.2, 0.25) is 0 Å². The molecule has 242 valence electrons. The van der Waals surface area contributed by atoms with Gasteiger partial charge in [0.1, 0.15) is 0 Å². The van der Waals surface area contributed by atoms with Crippen molar-refractivity contribution in [2.45, 2.75) is 61.5 Å². The molecule has 2 amide bonds. The third-order valence-corrected chi connectivity index (χ3v) is 4.94. The van der Waals surface area contributed by atoms with Crippen molar-refractivity contribution < 1.29 is 89.3 Å². The van der Waals surface area contributed by atoms with Gasteiger partial charge in [-0.2, -0.15) is 52.7 Å². The second-order valence-corrected chi connectivity index (χ2v) is 8.08. The first-order valence-electron chi connectivity index (χ1n) is 10.6. The number of hydrogen-bond donors (Lipinski definition) is 2. The van der Waals surface area contributed by atoms with E-state index in [9.17, 15) is 79.8 Å². The molecule has 0 aliphatic rings. The zero-order chi connectivity index (χ0) is 32.9. The molecule has 0 aromatic heterocycles. The van der Waals surface area contributed by atoms with E-state index in [0.29, 0.717) is 0 Å². The Morgan fingerprint density at radius 1 is 0.619 bits per heavy atom. The molecule has 1 aromatic carbocycles. The van der Waals surface area contributed by atoms with Crippen molar-refractivity contribution in [2.24, 2.45) is 0 Å². The summed E-state index contributed by atoms with van der Waals surface area (Å²) in [6, 6.07) is 4.60. The van der Waals surface area contributed by atoms with E-state index in [1.165, 1.54) is 18.2 Å². The molecule has 0 unspecified atom stereocenters. The molecule has 0 atom stereocenters. The number of halogens is 16. The second kappa shape index (κ2) is 12.9. The molecule has 0 saturated carbocycles. The SMILES string of the molecule is O=C(NCc1cccc(CNC(=O)OCC(F)(F)C(F)(F)C(F)(F)C(F)F)c1)OCC(F)(F)C(F)(F)C(F)(F)C(F)F. The summed E-state index contributed by atoms with van der Waals surface area (Å²) < 4.78 is 213. The van der Waals surface area contributed by atoms with Crippen molar-refractivity contribution in [3.8, 4) is 0 Å². The number of carbonyl (C=O) groups is 2. The molecular formula is C20H16F16N2O4. The van der Waals surface area contributed by atoms with E-state index in [1.54, 1.807) is 10.6 Å². The smallest absolute Gasteiger partial charge is 0.407 e. The Hall–Kier alpha value is -3.36. The van der Waals surface area contributed by atoms with E-state index in [-0.39, 0.29) is 11.1 Å². The lowest BCUT2D eigenvalue weighted by Crippen LogP contribution is -2.59. The normalized spacial score (nSPS) is 13.8. The summed E-state index contributed by atoms with van der Waals surface area (Å²) >= 11 is 0. The summed E-state index contributed by atoms with van der Waals surface area (Å²) in [4.78, 5) is 22.9. The quantitative estimate of drug-likeness (QED) is 0.226. The van der Waals surface area contributed by atoms with Crippen LogP contribution in [0.25, 0.3) is 0 Å². The van der Waals surface area contributed by atoms with Crippen LogP contribution in [0.4, 0.5) is 79.8 Å². The fourth-order valence-electron chi connectivity index (χ4n) is 2.56. The molecule has 0 aliphatic carbocycles. The maximum atomic E-state index is 13.4. The summed E-state index contributed by atoms with van der Waals surface area (Å²) in [6.07, 6.45) is -14.2. The number of benzene rings is 1. The van der Waals surface area contributed by atoms with E-state index in [4.69, 9.17) is 0 Å². The van der Waals surface area contributed by atoms with Gasteiger partial charge in [-0.15, -0.1) is 0 Å². The van der Waals surface area contributed by atoms with Gasteiger partial charge in [0.2, 0.25) is 0 Å². The molecule has 1 aromatic rings. The largest absolute Gasteiger partial charge is 0.443 e. The monoisotopic (exact) mass is 652 g/mol. The van der Waals surface area contributed by atoms with Gasteiger partial charge in [0, 0.05) is 13.1 Å².